The van der Waals surface area contributed by atoms with Crippen LogP contribution in [0.1, 0.15) is 6.42 Å². The summed E-state index contributed by atoms with van der Waals surface area (Å²) >= 11 is 3.40. The number of morpholine rings is 1. The minimum Gasteiger partial charge on any atom is -0.469 e. The second kappa shape index (κ2) is 6.15. The van der Waals surface area contributed by atoms with Gasteiger partial charge < -0.3 is 14.4 Å². The largest absolute Gasteiger partial charge is 0.469 e. The van der Waals surface area contributed by atoms with E-state index in [1.54, 1.807) is 6.20 Å². The number of carbonyl (C=O) groups excluding carboxylic acids is 1. The van der Waals surface area contributed by atoms with Crippen LogP contribution in [0.5, 0.6) is 0 Å². The molecule has 1 saturated heterocycles. The van der Waals surface area contributed by atoms with Crippen LogP contribution in [0.2, 0.25) is 0 Å². The van der Waals surface area contributed by atoms with E-state index in [4.69, 9.17) is 4.74 Å². The average Bonchev–Trinajstić information content (AvgIpc) is 2.39. The number of methoxy groups -OCH3 is 1. The lowest BCUT2D eigenvalue weighted by atomic mass is 10.2. The van der Waals surface area contributed by atoms with Crippen molar-refractivity contribution in [1.29, 1.82) is 0 Å². The molecule has 0 bridgehead atoms. The first-order chi connectivity index (χ1) is 8.69. The third-order valence-electron chi connectivity index (χ3n) is 2.82. The molecule has 0 radical (unpaired) electrons. The van der Waals surface area contributed by atoms with Crippen LogP contribution in [0.15, 0.2) is 22.9 Å². The zero-order chi connectivity index (χ0) is 13.0. The van der Waals surface area contributed by atoms with E-state index in [1.165, 1.54) is 7.11 Å². The number of aromatic nitrogens is 1. The van der Waals surface area contributed by atoms with Crippen LogP contribution >= 0.6 is 15.9 Å². The summed E-state index contributed by atoms with van der Waals surface area (Å²) in [6.45, 7) is 2.08. The monoisotopic (exact) mass is 314 g/mol. The van der Waals surface area contributed by atoms with E-state index in [-0.39, 0.29) is 18.5 Å². The van der Waals surface area contributed by atoms with Gasteiger partial charge in [-0.3, -0.25) is 9.78 Å². The van der Waals surface area contributed by atoms with Crippen molar-refractivity contribution in [1.82, 2.24) is 4.98 Å². The van der Waals surface area contributed by atoms with Gasteiger partial charge in [-0.2, -0.15) is 0 Å². The van der Waals surface area contributed by atoms with Gasteiger partial charge in [-0.05, 0) is 22.0 Å². The molecule has 0 N–H and O–H groups in total. The summed E-state index contributed by atoms with van der Waals surface area (Å²) in [6, 6.07) is 2.01. The highest BCUT2D eigenvalue weighted by molar-refractivity contribution is 9.10. The van der Waals surface area contributed by atoms with Gasteiger partial charge in [0.15, 0.2) is 0 Å². The molecule has 6 heteroatoms. The van der Waals surface area contributed by atoms with E-state index < -0.39 is 0 Å². The van der Waals surface area contributed by atoms with Gasteiger partial charge in [0, 0.05) is 23.8 Å². The van der Waals surface area contributed by atoms with E-state index in [2.05, 4.69) is 30.6 Å². The number of esters is 1. The summed E-state index contributed by atoms with van der Waals surface area (Å²) in [5, 5.41) is 0. The number of nitrogens with zero attached hydrogens (tertiary/aromatic N) is 2. The van der Waals surface area contributed by atoms with E-state index in [0.29, 0.717) is 13.2 Å². The second-order valence-corrected chi connectivity index (χ2v) is 5.00. The molecule has 98 valence electrons. The molecule has 1 aliphatic heterocycles. The molecule has 1 fully saturated rings. The van der Waals surface area contributed by atoms with Crippen LogP contribution in [-0.4, -0.2) is 43.9 Å². The molecule has 0 saturated carbocycles. The van der Waals surface area contributed by atoms with E-state index in [9.17, 15) is 4.79 Å². The molecule has 2 heterocycles. The zero-order valence-corrected chi connectivity index (χ0v) is 11.7. The van der Waals surface area contributed by atoms with Crippen molar-refractivity contribution in [3.05, 3.63) is 22.9 Å². The Kier molecular flexibility index (Phi) is 4.54. The SMILES string of the molecule is COC(=O)CC1CN(c2cncc(Br)c2)CCO1. The lowest BCUT2D eigenvalue weighted by Gasteiger charge is -2.33. The van der Waals surface area contributed by atoms with Crippen LogP contribution in [0.25, 0.3) is 0 Å². The molecular formula is C12H15BrN2O3. The topological polar surface area (TPSA) is 51.7 Å². The van der Waals surface area contributed by atoms with Gasteiger partial charge in [-0.15, -0.1) is 0 Å². The fourth-order valence-corrected chi connectivity index (χ4v) is 2.27. The minimum absolute atomic E-state index is 0.120. The quantitative estimate of drug-likeness (QED) is 0.793. The number of carbonyl (C=O) groups is 1. The predicted octanol–water partition coefficient (Wildman–Crippen LogP) is 1.61. The highest BCUT2D eigenvalue weighted by atomic mass is 79.9. The Morgan fingerprint density at radius 1 is 1.67 bits per heavy atom. The van der Waals surface area contributed by atoms with Gasteiger partial charge in [0.2, 0.25) is 0 Å². The fraction of sp³-hybridized carbons (Fsp3) is 0.500. The molecular weight excluding hydrogens is 300 g/mol. The van der Waals surface area contributed by atoms with E-state index in [1.807, 2.05) is 12.3 Å². The van der Waals surface area contributed by atoms with Crippen LogP contribution in [0.4, 0.5) is 5.69 Å². The smallest absolute Gasteiger partial charge is 0.308 e. The maximum Gasteiger partial charge on any atom is 0.308 e. The maximum absolute atomic E-state index is 11.2. The molecule has 1 atom stereocenters. The van der Waals surface area contributed by atoms with Crippen LogP contribution in [0.3, 0.4) is 0 Å². The highest BCUT2D eigenvalue weighted by Gasteiger charge is 2.23. The van der Waals surface area contributed by atoms with E-state index in [0.717, 1.165) is 16.7 Å². The first kappa shape index (κ1) is 13.3. The molecule has 1 aromatic heterocycles. The molecule has 1 unspecified atom stereocenters. The van der Waals surface area contributed by atoms with Crippen molar-refractivity contribution in [3.8, 4) is 0 Å². The number of hydrogen-bond acceptors (Lipinski definition) is 5. The zero-order valence-electron chi connectivity index (χ0n) is 10.1. The average molecular weight is 315 g/mol. The summed E-state index contributed by atoms with van der Waals surface area (Å²) in [6.07, 6.45) is 3.72. The van der Waals surface area contributed by atoms with Crippen LogP contribution in [-0.2, 0) is 14.3 Å². The third-order valence-corrected chi connectivity index (χ3v) is 3.25. The molecule has 18 heavy (non-hydrogen) atoms. The maximum atomic E-state index is 11.2. The summed E-state index contributed by atoms with van der Waals surface area (Å²) < 4.78 is 11.2. The molecule has 0 aromatic carbocycles. The summed E-state index contributed by atoms with van der Waals surface area (Å²) in [5.74, 6) is -0.241. The van der Waals surface area contributed by atoms with Crippen molar-refractivity contribution in [3.63, 3.8) is 0 Å². The van der Waals surface area contributed by atoms with Crippen molar-refractivity contribution in [2.45, 2.75) is 12.5 Å². The molecule has 1 aromatic rings. The first-order valence-corrected chi connectivity index (χ1v) is 6.52. The third kappa shape index (κ3) is 3.43. The first-order valence-electron chi connectivity index (χ1n) is 5.73. The standard InChI is InChI=1S/C12H15BrN2O3/c1-17-12(16)5-11-8-15(2-3-18-11)10-4-9(13)6-14-7-10/h4,6-7,11H,2-3,5,8H2,1H3. The number of ether oxygens (including phenoxy) is 2. The lowest BCUT2D eigenvalue weighted by Crippen LogP contribution is -2.43. The number of hydrogen-bond donors (Lipinski definition) is 0. The van der Waals surface area contributed by atoms with Gasteiger partial charge in [-0.25, -0.2) is 0 Å². The fourth-order valence-electron chi connectivity index (χ4n) is 1.92. The number of rotatable bonds is 3. The lowest BCUT2D eigenvalue weighted by molar-refractivity contribution is -0.144. The molecule has 0 aliphatic carbocycles. The minimum atomic E-state index is -0.241. The number of pyridine rings is 1. The van der Waals surface area contributed by atoms with Crippen LogP contribution in [0, 0.1) is 0 Å². The highest BCUT2D eigenvalue weighted by Crippen LogP contribution is 2.21. The van der Waals surface area contributed by atoms with Crippen molar-refractivity contribution in [2.24, 2.45) is 0 Å². The Morgan fingerprint density at radius 2 is 2.50 bits per heavy atom. The van der Waals surface area contributed by atoms with Crippen molar-refractivity contribution in [2.75, 3.05) is 31.7 Å². The Hall–Kier alpha value is -1.14. The molecule has 0 amide bonds. The van der Waals surface area contributed by atoms with Gasteiger partial charge >= 0.3 is 5.97 Å². The molecule has 0 spiro atoms. The molecule has 1 aliphatic rings. The molecule has 2 rings (SSSR count). The van der Waals surface area contributed by atoms with Crippen LogP contribution < -0.4 is 4.90 Å². The summed E-state index contributed by atoms with van der Waals surface area (Å²) in [5.41, 5.74) is 1.03. The normalized spacial score (nSPS) is 19.7. The van der Waals surface area contributed by atoms with Gasteiger partial charge in [0.05, 0.1) is 38.1 Å². The Bertz CT molecular complexity index is 428. The van der Waals surface area contributed by atoms with Crippen molar-refractivity contribution < 1.29 is 14.3 Å². The van der Waals surface area contributed by atoms with Gasteiger partial charge in [0.25, 0.3) is 0 Å². The predicted molar refractivity (Wildman–Crippen MR) is 70.5 cm³/mol. The van der Waals surface area contributed by atoms with Gasteiger partial charge in [-0.1, -0.05) is 0 Å². The second-order valence-electron chi connectivity index (χ2n) is 4.08. The number of anilines is 1. The Balaban J connectivity index is 2.00. The van der Waals surface area contributed by atoms with Gasteiger partial charge in [0.1, 0.15) is 0 Å². The molecule has 5 nitrogen and oxygen atoms in total. The Morgan fingerprint density at radius 3 is 3.22 bits per heavy atom. The van der Waals surface area contributed by atoms with Crippen molar-refractivity contribution >= 4 is 27.6 Å². The Labute approximate surface area is 114 Å². The number of halogens is 1. The summed E-state index contributed by atoms with van der Waals surface area (Å²) in [7, 11) is 1.39. The van der Waals surface area contributed by atoms with E-state index >= 15 is 0 Å². The summed E-state index contributed by atoms with van der Waals surface area (Å²) in [4.78, 5) is 17.5.